The molecule has 0 bridgehead atoms. The summed E-state index contributed by atoms with van der Waals surface area (Å²) in [6.07, 6.45) is 5.12. The van der Waals surface area contributed by atoms with Crippen molar-refractivity contribution in [3.8, 4) is 0 Å². The lowest BCUT2D eigenvalue weighted by atomic mass is 10.1. The summed E-state index contributed by atoms with van der Waals surface area (Å²) in [6, 6.07) is 2.01. The molecule has 2 rings (SSSR count). The number of aryl methyl sites for hydroxylation is 2. The Labute approximate surface area is 130 Å². The van der Waals surface area contributed by atoms with Crippen molar-refractivity contribution < 1.29 is 9.59 Å². The average molecular weight is 308 g/mol. The van der Waals surface area contributed by atoms with E-state index in [1.165, 1.54) is 10.4 Å². The van der Waals surface area contributed by atoms with Crippen molar-refractivity contribution in [2.24, 2.45) is 5.92 Å². The Morgan fingerprint density at radius 3 is 2.57 bits per heavy atom. The summed E-state index contributed by atoms with van der Waals surface area (Å²) in [5.74, 6) is 0.318. The molecule has 1 aromatic rings. The van der Waals surface area contributed by atoms with Gasteiger partial charge in [0.05, 0.1) is 4.88 Å². The van der Waals surface area contributed by atoms with E-state index >= 15 is 0 Å². The molecule has 2 amide bonds. The second-order valence-corrected chi connectivity index (χ2v) is 6.62. The van der Waals surface area contributed by atoms with Crippen LogP contribution < -0.4 is 10.6 Å². The highest BCUT2D eigenvalue weighted by atomic mass is 32.1. The molecule has 4 nitrogen and oxygen atoms in total. The van der Waals surface area contributed by atoms with Crippen LogP contribution >= 0.6 is 11.3 Å². The average Bonchev–Trinajstić information content (AvgIpc) is 3.25. The standard InChI is InChI=1S/C16H24N2O2S/c1-3-5-13-11(4-2)10-14(21-13)16(20)18-9-8-17-15(19)12-6-7-12/h10,12H,3-9H2,1-2H3,(H,17,19)(H,18,20). The minimum absolute atomic E-state index is 0.0299. The predicted molar refractivity (Wildman–Crippen MR) is 85.8 cm³/mol. The van der Waals surface area contributed by atoms with E-state index in [1.54, 1.807) is 11.3 Å². The van der Waals surface area contributed by atoms with Crippen molar-refractivity contribution in [3.63, 3.8) is 0 Å². The fourth-order valence-electron chi connectivity index (χ4n) is 2.25. The summed E-state index contributed by atoms with van der Waals surface area (Å²) in [5.41, 5.74) is 1.29. The zero-order valence-corrected chi connectivity index (χ0v) is 13.6. The van der Waals surface area contributed by atoms with Crippen LogP contribution in [0, 0.1) is 5.92 Å². The van der Waals surface area contributed by atoms with Crippen LogP contribution in [0.3, 0.4) is 0 Å². The highest BCUT2D eigenvalue weighted by Crippen LogP contribution is 2.28. The van der Waals surface area contributed by atoms with Gasteiger partial charge < -0.3 is 10.6 Å². The second kappa shape index (κ2) is 7.59. The summed E-state index contributed by atoms with van der Waals surface area (Å²) in [4.78, 5) is 25.7. The lowest BCUT2D eigenvalue weighted by Gasteiger charge is -2.05. The van der Waals surface area contributed by atoms with Gasteiger partial charge in [-0.1, -0.05) is 20.3 Å². The van der Waals surface area contributed by atoms with Gasteiger partial charge in [0, 0.05) is 23.9 Å². The fraction of sp³-hybridized carbons (Fsp3) is 0.625. The summed E-state index contributed by atoms with van der Waals surface area (Å²) >= 11 is 1.60. The maximum atomic E-state index is 12.1. The second-order valence-electron chi connectivity index (χ2n) is 5.48. The largest absolute Gasteiger partial charge is 0.354 e. The lowest BCUT2D eigenvalue weighted by Crippen LogP contribution is -2.35. The molecule has 0 atom stereocenters. The molecule has 1 saturated carbocycles. The molecule has 0 radical (unpaired) electrons. The van der Waals surface area contributed by atoms with Gasteiger partial charge in [0.25, 0.3) is 5.91 Å². The van der Waals surface area contributed by atoms with Crippen LogP contribution in [0.4, 0.5) is 0 Å². The summed E-state index contributed by atoms with van der Waals surface area (Å²) < 4.78 is 0. The van der Waals surface area contributed by atoms with E-state index in [2.05, 4.69) is 24.5 Å². The quantitative estimate of drug-likeness (QED) is 0.725. The predicted octanol–water partition coefficient (Wildman–Crippen LogP) is 2.52. The van der Waals surface area contributed by atoms with Crippen molar-refractivity contribution >= 4 is 23.2 Å². The van der Waals surface area contributed by atoms with E-state index in [0.717, 1.165) is 37.0 Å². The van der Waals surface area contributed by atoms with Crippen LogP contribution in [0.25, 0.3) is 0 Å². The Hall–Kier alpha value is -1.36. The molecule has 1 heterocycles. The molecule has 0 spiro atoms. The first-order valence-electron chi connectivity index (χ1n) is 7.83. The summed E-state index contributed by atoms with van der Waals surface area (Å²) in [6.45, 7) is 5.27. The number of thiophene rings is 1. The minimum Gasteiger partial charge on any atom is -0.354 e. The molecule has 0 saturated heterocycles. The van der Waals surface area contributed by atoms with Crippen molar-refractivity contribution in [2.75, 3.05) is 13.1 Å². The van der Waals surface area contributed by atoms with E-state index in [1.807, 2.05) is 6.07 Å². The lowest BCUT2D eigenvalue weighted by molar-refractivity contribution is -0.122. The Bertz CT molecular complexity index is 506. The van der Waals surface area contributed by atoms with E-state index in [0.29, 0.717) is 13.1 Å². The molecule has 1 aromatic heterocycles. The summed E-state index contributed by atoms with van der Waals surface area (Å²) in [5, 5.41) is 5.73. The van der Waals surface area contributed by atoms with Crippen LogP contribution in [-0.4, -0.2) is 24.9 Å². The number of carbonyl (C=O) groups is 2. The van der Waals surface area contributed by atoms with E-state index < -0.39 is 0 Å². The van der Waals surface area contributed by atoms with Gasteiger partial charge >= 0.3 is 0 Å². The van der Waals surface area contributed by atoms with Gasteiger partial charge in [0.2, 0.25) is 5.91 Å². The maximum absolute atomic E-state index is 12.1. The molecule has 2 N–H and O–H groups in total. The maximum Gasteiger partial charge on any atom is 0.261 e. The molecular weight excluding hydrogens is 284 g/mol. The molecule has 5 heteroatoms. The summed E-state index contributed by atoms with van der Waals surface area (Å²) in [7, 11) is 0. The monoisotopic (exact) mass is 308 g/mol. The van der Waals surface area contributed by atoms with Gasteiger partial charge in [0.1, 0.15) is 0 Å². The van der Waals surface area contributed by atoms with Crippen LogP contribution in [-0.2, 0) is 17.6 Å². The molecule has 0 aliphatic heterocycles. The first-order valence-corrected chi connectivity index (χ1v) is 8.64. The normalized spacial score (nSPS) is 14.0. The zero-order valence-electron chi connectivity index (χ0n) is 12.8. The number of rotatable bonds is 8. The molecule has 0 unspecified atom stereocenters. The van der Waals surface area contributed by atoms with Gasteiger partial charge in [0.15, 0.2) is 0 Å². The SMILES string of the molecule is CCCc1sc(C(=O)NCCNC(=O)C2CC2)cc1CC. The Morgan fingerprint density at radius 1 is 1.24 bits per heavy atom. The minimum atomic E-state index is -0.0299. The molecule has 1 aliphatic rings. The first kappa shape index (κ1) is 16.0. The van der Waals surface area contributed by atoms with Gasteiger partial charge in [-0.05, 0) is 37.3 Å². The van der Waals surface area contributed by atoms with Crippen molar-refractivity contribution in [2.45, 2.75) is 46.0 Å². The third kappa shape index (κ3) is 4.56. The van der Waals surface area contributed by atoms with Crippen LogP contribution in [0.1, 0.15) is 53.2 Å². The molecule has 1 aliphatic carbocycles. The number of hydrogen-bond donors (Lipinski definition) is 2. The van der Waals surface area contributed by atoms with Crippen LogP contribution in [0.2, 0.25) is 0 Å². The highest BCUT2D eigenvalue weighted by Gasteiger charge is 2.29. The third-order valence-electron chi connectivity index (χ3n) is 3.64. The van der Waals surface area contributed by atoms with E-state index in [-0.39, 0.29) is 17.7 Å². The van der Waals surface area contributed by atoms with Crippen LogP contribution in [0.5, 0.6) is 0 Å². The number of hydrogen-bond acceptors (Lipinski definition) is 3. The smallest absolute Gasteiger partial charge is 0.261 e. The number of nitrogens with one attached hydrogen (secondary N) is 2. The van der Waals surface area contributed by atoms with E-state index in [9.17, 15) is 9.59 Å². The molecule has 1 fully saturated rings. The Balaban J connectivity index is 1.78. The van der Waals surface area contributed by atoms with Crippen molar-refractivity contribution in [1.82, 2.24) is 10.6 Å². The Kier molecular flexibility index (Phi) is 5.79. The third-order valence-corrected chi connectivity index (χ3v) is 4.87. The molecular formula is C16H24N2O2S. The van der Waals surface area contributed by atoms with Crippen LogP contribution in [0.15, 0.2) is 6.07 Å². The fourth-order valence-corrected chi connectivity index (χ4v) is 3.53. The van der Waals surface area contributed by atoms with Gasteiger partial charge in [-0.2, -0.15) is 0 Å². The van der Waals surface area contributed by atoms with Gasteiger partial charge in [-0.15, -0.1) is 11.3 Å². The van der Waals surface area contributed by atoms with Crippen molar-refractivity contribution in [3.05, 3.63) is 21.4 Å². The first-order chi connectivity index (χ1) is 10.2. The molecule has 21 heavy (non-hydrogen) atoms. The number of carbonyl (C=O) groups excluding carboxylic acids is 2. The van der Waals surface area contributed by atoms with Crippen molar-refractivity contribution in [1.29, 1.82) is 0 Å². The Morgan fingerprint density at radius 2 is 1.95 bits per heavy atom. The molecule has 116 valence electrons. The molecule has 0 aromatic carbocycles. The van der Waals surface area contributed by atoms with Gasteiger partial charge in [-0.3, -0.25) is 9.59 Å². The van der Waals surface area contributed by atoms with Gasteiger partial charge in [-0.25, -0.2) is 0 Å². The van der Waals surface area contributed by atoms with E-state index in [4.69, 9.17) is 0 Å². The topological polar surface area (TPSA) is 58.2 Å². The zero-order chi connectivity index (χ0) is 15.2. The number of amides is 2. The highest BCUT2D eigenvalue weighted by molar-refractivity contribution is 7.14.